The van der Waals surface area contributed by atoms with Crippen molar-refractivity contribution in [1.29, 1.82) is 0 Å². The molecule has 3 rings (SSSR count). The third-order valence-electron chi connectivity index (χ3n) is 4.44. The van der Waals surface area contributed by atoms with E-state index in [9.17, 15) is 21.6 Å². The molecule has 1 aromatic carbocycles. The first-order valence-electron chi connectivity index (χ1n) is 8.29. The summed E-state index contributed by atoms with van der Waals surface area (Å²) in [6.45, 7) is 1.49. The van der Waals surface area contributed by atoms with Crippen molar-refractivity contribution >= 4 is 15.7 Å². The van der Waals surface area contributed by atoms with E-state index < -0.39 is 21.6 Å². The summed E-state index contributed by atoms with van der Waals surface area (Å²) < 4.78 is 62.7. The van der Waals surface area contributed by atoms with Crippen LogP contribution in [0.4, 0.5) is 19.0 Å². The van der Waals surface area contributed by atoms with Gasteiger partial charge in [-0.1, -0.05) is 12.1 Å². The highest BCUT2D eigenvalue weighted by Gasteiger charge is 2.32. The average Bonchev–Trinajstić information content (AvgIpc) is 2.60. The van der Waals surface area contributed by atoms with E-state index in [0.717, 1.165) is 50.9 Å². The van der Waals surface area contributed by atoms with Gasteiger partial charge >= 0.3 is 6.18 Å². The molecule has 2 heterocycles. The maximum Gasteiger partial charge on any atom is 0.417 e. The van der Waals surface area contributed by atoms with Gasteiger partial charge in [0.25, 0.3) is 0 Å². The second kappa shape index (κ2) is 6.90. The molecule has 0 amide bonds. The molecule has 1 fully saturated rings. The molecule has 0 radical (unpaired) electrons. The maximum absolute atomic E-state index is 13.1. The van der Waals surface area contributed by atoms with Crippen LogP contribution in [0.1, 0.15) is 24.8 Å². The molecular weight excluding hydrogens is 365 g/mol. The van der Waals surface area contributed by atoms with Crippen molar-refractivity contribution in [2.24, 2.45) is 0 Å². The monoisotopic (exact) mass is 384 g/mol. The predicted octanol–water partition coefficient (Wildman–Crippen LogP) is 4.16. The predicted molar refractivity (Wildman–Crippen MR) is 93.8 cm³/mol. The Balaban J connectivity index is 2.09. The maximum atomic E-state index is 13.1. The fourth-order valence-corrected chi connectivity index (χ4v) is 3.69. The quantitative estimate of drug-likeness (QED) is 0.797. The van der Waals surface area contributed by atoms with Gasteiger partial charge in [0.1, 0.15) is 5.82 Å². The lowest BCUT2D eigenvalue weighted by Crippen LogP contribution is -2.30. The number of rotatable bonds is 3. The van der Waals surface area contributed by atoms with Gasteiger partial charge in [-0.15, -0.1) is 0 Å². The van der Waals surface area contributed by atoms with Crippen molar-refractivity contribution in [1.82, 2.24) is 4.98 Å². The zero-order valence-electron chi connectivity index (χ0n) is 14.3. The Labute approximate surface area is 150 Å². The smallest absolute Gasteiger partial charge is 0.356 e. The van der Waals surface area contributed by atoms with E-state index in [1.165, 1.54) is 24.3 Å². The largest absolute Gasteiger partial charge is 0.417 e. The average molecular weight is 384 g/mol. The van der Waals surface area contributed by atoms with Crippen molar-refractivity contribution in [2.75, 3.05) is 24.2 Å². The van der Waals surface area contributed by atoms with Crippen LogP contribution in [0.2, 0.25) is 0 Å². The van der Waals surface area contributed by atoms with E-state index in [2.05, 4.69) is 4.98 Å². The molecule has 0 saturated carbocycles. The molecule has 1 aromatic heterocycles. The molecule has 1 aliphatic heterocycles. The third-order valence-corrected chi connectivity index (χ3v) is 5.57. The molecule has 0 aliphatic carbocycles. The molecule has 0 bridgehead atoms. The van der Waals surface area contributed by atoms with Crippen LogP contribution < -0.4 is 4.90 Å². The Morgan fingerprint density at radius 2 is 1.65 bits per heavy atom. The van der Waals surface area contributed by atoms with Crippen LogP contribution in [0.5, 0.6) is 0 Å². The topological polar surface area (TPSA) is 50.3 Å². The fourth-order valence-electron chi connectivity index (χ4n) is 3.06. The Morgan fingerprint density at radius 1 is 1.04 bits per heavy atom. The van der Waals surface area contributed by atoms with E-state index in [-0.39, 0.29) is 4.90 Å². The zero-order chi connectivity index (χ0) is 18.9. The van der Waals surface area contributed by atoms with Gasteiger partial charge in [-0.2, -0.15) is 13.2 Å². The minimum absolute atomic E-state index is 0.126. The number of hydrogen-bond acceptors (Lipinski definition) is 4. The van der Waals surface area contributed by atoms with Gasteiger partial charge < -0.3 is 4.90 Å². The van der Waals surface area contributed by atoms with Gasteiger partial charge in [-0.05, 0) is 43.0 Å². The van der Waals surface area contributed by atoms with Gasteiger partial charge in [0.15, 0.2) is 9.84 Å². The van der Waals surface area contributed by atoms with Crippen LogP contribution in [0, 0.1) is 0 Å². The molecule has 0 spiro atoms. The van der Waals surface area contributed by atoms with Gasteiger partial charge in [0.2, 0.25) is 0 Å². The Kier molecular flexibility index (Phi) is 4.96. The lowest BCUT2D eigenvalue weighted by Gasteiger charge is -2.30. The van der Waals surface area contributed by atoms with Crippen LogP contribution in [-0.2, 0) is 16.0 Å². The molecule has 4 nitrogen and oxygen atoms in total. The highest BCUT2D eigenvalue weighted by molar-refractivity contribution is 7.90. The number of aromatic nitrogens is 1. The number of pyridine rings is 1. The molecule has 0 unspecified atom stereocenters. The number of benzene rings is 1. The lowest BCUT2D eigenvalue weighted by molar-refractivity contribution is -0.137. The first-order chi connectivity index (χ1) is 12.2. The van der Waals surface area contributed by atoms with Crippen molar-refractivity contribution in [3.05, 3.63) is 42.1 Å². The summed E-state index contributed by atoms with van der Waals surface area (Å²) in [6, 6.07) is 6.96. The highest BCUT2D eigenvalue weighted by atomic mass is 32.2. The summed E-state index contributed by atoms with van der Waals surface area (Å²) in [5.74, 6) is 0.504. The summed E-state index contributed by atoms with van der Waals surface area (Å²) in [4.78, 5) is 6.22. The van der Waals surface area contributed by atoms with Crippen molar-refractivity contribution in [3.8, 4) is 11.1 Å². The second-order valence-corrected chi connectivity index (χ2v) is 8.45. The summed E-state index contributed by atoms with van der Waals surface area (Å²) in [7, 11) is -3.37. The third kappa shape index (κ3) is 4.00. The van der Waals surface area contributed by atoms with Crippen LogP contribution in [-0.4, -0.2) is 32.7 Å². The minimum Gasteiger partial charge on any atom is -0.356 e. The van der Waals surface area contributed by atoms with Crippen LogP contribution in [0.3, 0.4) is 0 Å². The second-order valence-electron chi connectivity index (χ2n) is 6.44. The number of piperidine rings is 1. The molecule has 140 valence electrons. The van der Waals surface area contributed by atoms with Crippen LogP contribution >= 0.6 is 0 Å². The number of sulfone groups is 1. The lowest BCUT2D eigenvalue weighted by atomic mass is 10.0. The number of halogens is 3. The van der Waals surface area contributed by atoms with Gasteiger partial charge in [-0.3, -0.25) is 0 Å². The molecule has 0 atom stereocenters. The number of nitrogens with zero attached hydrogens (tertiary/aromatic N) is 2. The van der Waals surface area contributed by atoms with E-state index >= 15 is 0 Å². The van der Waals surface area contributed by atoms with E-state index in [1.807, 2.05) is 4.90 Å². The Bertz CT molecular complexity index is 888. The molecule has 0 N–H and O–H groups in total. The fraction of sp³-hybridized carbons (Fsp3) is 0.389. The summed E-state index contributed by atoms with van der Waals surface area (Å²) in [6.07, 6.45) is 0.486. The van der Waals surface area contributed by atoms with E-state index in [4.69, 9.17) is 0 Å². The number of hydrogen-bond donors (Lipinski definition) is 0. The van der Waals surface area contributed by atoms with Crippen molar-refractivity contribution < 1.29 is 21.6 Å². The molecule has 8 heteroatoms. The molecule has 26 heavy (non-hydrogen) atoms. The van der Waals surface area contributed by atoms with Crippen molar-refractivity contribution in [3.63, 3.8) is 0 Å². The first kappa shape index (κ1) is 18.7. The number of alkyl halides is 3. The SMILES string of the molecule is CS(=O)(=O)c1ccc(-c2cc(C(F)(F)F)cnc2N2CCCCC2)cc1. The molecule has 2 aromatic rings. The van der Waals surface area contributed by atoms with Gasteiger partial charge in [0, 0.05) is 31.1 Å². The van der Waals surface area contributed by atoms with Crippen molar-refractivity contribution in [2.45, 2.75) is 30.3 Å². The standard InChI is InChI=1S/C18H19F3N2O2S/c1-26(24,25)15-7-5-13(6-8-15)16-11-14(18(19,20)21)12-22-17(16)23-9-3-2-4-10-23/h5-8,11-12H,2-4,9-10H2,1H3. The Morgan fingerprint density at radius 3 is 2.19 bits per heavy atom. The van der Waals surface area contributed by atoms with Gasteiger partial charge in [-0.25, -0.2) is 13.4 Å². The van der Waals surface area contributed by atoms with Crippen LogP contribution in [0.25, 0.3) is 11.1 Å². The first-order valence-corrected chi connectivity index (χ1v) is 10.2. The summed E-state index contributed by atoms with van der Waals surface area (Å²) in [5, 5.41) is 0. The van der Waals surface area contributed by atoms with E-state index in [0.29, 0.717) is 16.9 Å². The number of anilines is 1. The summed E-state index contributed by atoms with van der Waals surface area (Å²) >= 11 is 0. The highest BCUT2D eigenvalue weighted by Crippen LogP contribution is 2.37. The summed E-state index contributed by atoms with van der Waals surface area (Å²) in [5.41, 5.74) is 0.0544. The molecular formula is C18H19F3N2O2S. The zero-order valence-corrected chi connectivity index (χ0v) is 15.1. The normalized spacial score (nSPS) is 15.9. The Hall–Kier alpha value is -2.09. The van der Waals surface area contributed by atoms with E-state index in [1.54, 1.807) is 0 Å². The van der Waals surface area contributed by atoms with Crippen LogP contribution in [0.15, 0.2) is 41.4 Å². The van der Waals surface area contributed by atoms with Gasteiger partial charge in [0.05, 0.1) is 10.5 Å². The molecule has 1 saturated heterocycles. The minimum atomic E-state index is -4.49. The molecule has 1 aliphatic rings.